The summed E-state index contributed by atoms with van der Waals surface area (Å²) >= 11 is 1.51. The van der Waals surface area contributed by atoms with Gasteiger partial charge >= 0.3 is 70.3 Å². The molecule has 4 saturated carbocycles. The molecule has 0 aromatic heterocycles. The van der Waals surface area contributed by atoms with Crippen molar-refractivity contribution in [2.24, 2.45) is 29.1 Å². The zero-order valence-electron chi connectivity index (χ0n) is 32.0. The zero-order chi connectivity index (χ0) is 34.4. The van der Waals surface area contributed by atoms with Crippen LogP contribution in [0.3, 0.4) is 0 Å². The van der Waals surface area contributed by atoms with Crippen LogP contribution in [0.4, 0.5) is 0 Å². The number of halogens is 2. The third kappa shape index (κ3) is 9.46. The van der Waals surface area contributed by atoms with E-state index in [0.29, 0.717) is 11.3 Å². The van der Waals surface area contributed by atoms with E-state index >= 15 is 0 Å². The summed E-state index contributed by atoms with van der Waals surface area (Å²) in [7, 11) is 0. The van der Waals surface area contributed by atoms with Gasteiger partial charge < -0.3 is 24.8 Å². The van der Waals surface area contributed by atoms with Crippen molar-refractivity contribution in [3.63, 3.8) is 0 Å². The summed E-state index contributed by atoms with van der Waals surface area (Å²) in [6, 6.07) is 26.7. The maximum atomic E-state index is 3.57. The van der Waals surface area contributed by atoms with Gasteiger partial charge in [-0.3, -0.25) is 6.08 Å². The molecule has 4 fully saturated rings. The van der Waals surface area contributed by atoms with Crippen molar-refractivity contribution in [1.29, 1.82) is 0 Å². The Morgan fingerprint density at radius 1 is 0.760 bits per heavy atom. The fraction of sp³-hybridized carbons (Fsp3) is 0.489. The van der Waals surface area contributed by atoms with Gasteiger partial charge in [0.25, 0.3) is 0 Å². The Morgan fingerprint density at radius 3 is 1.58 bits per heavy atom. The first-order chi connectivity index (χ1) is 22.6. The van der Waals surface area contributed by atoms with Crippen molar-refractivity contribution in [2.45, 2.75) is 118 Å². The van der Waals surface area contributed by atoms with E-state index in [1.807, 2.05) is 6.07 Å². The van der Waals surface area contributed by atoms with Crippen LogP contribution < -0.4 is 24.8 Å². The molecule has 0 radical (unpaired) electrons. The number of rotatable bonds is 3. The van der Waals surface area contributed by atoms with Gasteiger partial charge in [-0.25, -0.2) is 5.57 Å². The molecule has 4 aromatic rings. The summed E-state index contributed by atoms with van der Waals surface area (Å²) < 4.78 is 1.46. The van der Waals surface area contributed by atoms with Gasteiger partial charge in [0.2, 0.25) is 0 Å². The SMILES string of the molecule is CC(C)(C)c1ccc2c(c1)[cH-]c1cc(C(C)(C)C)ccc12.CC1=[C-]C(C)C=C1CC12CC3CC(CC(C3)C1)C2.C[C](=[Zr+2])c1ccccc1.[Cl-].[Cl-]. The summed E-state index contributed by atoms with van der Waals surface area (Å²) in [5.74, 6) is 3.82. The fourth-order valence-corrected chi connectivity index (χ4v) is 10.1. The van der Waals surface area contributed by atoms with Crippen molar-refractivity contribution in [3.05, 3.63) is 113 Å². The monoisotopic (exact) mass is 782 g/mol. The first-order valence-electron chi connectivity index (χ1n) is 18.6. The van der Waals surface area contributed by atoms with E-state index < -0.39 is 0 Å². The predicted molar refractivity (Wildman–Crippen MR) is 206 cm³/mol. The minimum atomic E-state index is 0. The first kappa shape index (κ1) is 41.1. The van der Waals surface area contributed by atoms with Crippen molar-refractivity contribution in [3.8, 4) is 0 Å². The summed E-state index contributed by atoms with van der Waals surface area (Å²) in [6.45, 7) is 20.3. The third-order valence-corrected chi connectivity index (χ3v) is 12.5. The van der Waals surface area contributed by atoms with Crippen molar-refractivity contribution in [2.75, 3.05) is 0 Å². The molecule has 266 valence electrons. The van der Waals surface area contributed by atoms with Crippen LogP contribution in [0.1, 0.15) is 124 Å². The van der Waals surface area contributed by atoms with Gasteiger partial charge in [-0.05, 0) is 72.5 Å². The molecule has 50 heavy (non-hydrogen) atoms. The van der Waals surface area contributed by atoms with Gasteiger partial charge in [-0.15, -0.1) is 39.7 Å². The maximum Gasteiger partial charge on any atom is -1.00 e. The number of hydrogen-bond acceptors (Lipinski definition) is 0. The molecule has 3 heteroatoms. The molecule has 0 spiro atoms. The molecule has 0 heterocycles. The van der Waals surface area contributed by atoms with E-state index in [2.05, 4.69) is 141 Å². The standard InChI is InChI=1S/C21H25.C18H25.C8H8.2ClH.Zr/c1-20(2,3)16-7-9-18-14(12-16)11-15-13-17(21(4,5)6)8-10-19(15)18;1-12-3-13(2)17(4-12)11-18-8-14-5-15(9-18)7-16(6-14)10-18;1-2-8-6-4-3-5-7-8;;;/h7-13H,1-6H3;4,12,14-16H,5-11H2,1-2H3;3-7H,1H3;2*1H;/q2*-1;;;;+2/p-2. The first-order valence-corrected chi connectivity index (χ1v) is 19.9. The molecular weight excluding hydrogens is 727 g/mol. The number of fused-ring (bicyclic) bond motifs is 3. The van der Waals surface area contributed by atoms with E-state index in [-0.39, 0.29) is 35.6 Å². The van der Waals surface area contributed by atoms with E-state index in [1.165, 1.54) is 77.7 Å². The quantitative estimate of drug-likeness (QED) is 0.197. The smallest absolute Gasteiger partial charge is 1.00 e. The Bertz CT molecular complexity index is 1740. The van der Waals surface area contributed by atoms with Crippen LogP contribution in [-0.2, 0) is 35.1 Å². The van der Waals surface area contributed by atoms with Gasteiger partial charge in [0.05, 0.1) is 0 Å². The summed E-state index contributed by atoms with van der Waals surface area (Å²) in [6.07, 6.45) is 16.7. The molecule has 1 atom stereocenters. The minimum Gasteiger partial charge on any atom is -1.00 e. The largest absolute Gasteiger partial charge is 1.00 e. The molecule has 1 unspecified atom stereocenters. The second-order valence-corrected chi connectivity index (χ2v) is 19.9. The molecule has 5 aliphatic rings. The maximum absolute atomic E-state index is 3.57. The number of benzene rings is 3. The predicted octanol–water partition coefficient (Wildman–Crippen LogP) is 7.01. The fourth-order valence-electron chi connectivity index (χ4n) is 9.65. The van der Waals surface area contributed by atoms with Crippen LogP contribution in [0.5, 0.6) is 0 Å². The van der Waals surface area contributed by atoms with E-state index in [1.54, 1.807) is 44.1 Å². The molecule has 5 aliphatic carbocycles. The Labute approximate surface area is 331 Å². The molecule has 0 amide bonds. The Kier molecular flexibility index (Phi) is 13.3. The van der Waals surface area contributed by atoms with Crippen molar-refractivity contribution < 1.29 is 49.0 Å². The Balaban J connectivity index is 0.000000177. The molecule has 0 aliphatic heterocycles. The molecular formula is C47H58Cl2Zr-2. The van der Waals surface area contributed by atoms with E-state index in [0.717, 1.165) is 17.8 Å². The van der Waals surface area contributed by atoms with Crippen LogP contribution in [0.25, 0.3) is 21.5 Å². The van der Waals surface area contributed by atoms with Gasteiger partial charge in [0.15, 0.2) is 0 Å². The third-order valence-electron chi connectivity index (χ3n) is 11.8. The van der Waals surface area contributed by atoms with E-state index in [4.69, 9.17) is 0 Å². The molecule has 4 bridgehead atoms. The van der Waals surface area contributed by atoms with Crippen molar-refractivity contribution in [1.82, 2.24) is 0 Å². The van der Waals surface area contributed by atoms with Crippen molar-refractivity contribution >= 4 is 24.8 Å². The van der Waals surface area contributed by atoms with Gasteiger partial charge in [-0.1, -0.05) is 103 Å². The van der Waals surface area contributed by atoms with Gasteiger partial charge in [-0.2, -0.15) is 11.6 Å². The second-order valence-electron chi connectivity index (χ2n) is 18.1. The summed E-state index contributed by atoms with van der Waals surface area (Å²) in [4.78, 5) is 0. The second kappa shape index (κ2) is 16.2. The molecule has 0 nitrogen and oxygen atoms in total. The van der Waals surface area contributed by atoms with Gasteiger partial charge in [0, 0.05) is 0 Å². The van der Waals surface area contributed by atoms with Crippen LogP contribution >= 0.6 is 0 Å². The van der Waals surface area contributed by atoms with Crippen LogP contribution in [0.2, 0.25) is 0 Å². The summed E-state index contributed by atoms with van der Waals surface area (Å²) in [5.41, 5.74) is 8.39. The topological polar surface area (TPSA) is 0 Å². The molecule has 9 rings (SSSR count). The normalized spacial score (nSPS) is 25.0. The summed E-state index contributed by atoms with van der Waals surface area (Å²) in [5, 5.41) is 5.48. The molecule has 0 N–H and O–H groups in total. The van der Waals surface area contributed by atoms with E-state index in [9.17, 15) is 0 Å². The minimum absolute atomic E-state index is 0. The number of allylic oxidation sites excluding steroid dienone is 4. The van der Waals surface area contributed by atoms with Gasteiger partial charge in [0.1, 0.15) is 0 Å². The number of hydrogen-bond donors (Lipinski definition) is 0. The van der Waals surface area contributed by atoms with Crippen LogP contribution in [0, 0.1) is 35.2 Å². The molecule has 0 saturated heterocycles. The Morgan fingerprint density at radius 2 is 1.22 bits per heavy atom. The van der Waals surface area contributed by atoms with Crippen LogP contribution in [-0.4, -0.2) is 3.21 Å². The average Bonchev–Trinajstić information content (AvgIpc) is 3.53. The molecule has 4 aromatic carbocycles. The zero-order valence-corrected chi connectivity index (χ0v) is 36.0. The average molecular weight is 785 g/mol. The Hall–Kier alpha value is -1.66. The van der Waals surface area contributed by atoms with Crippen LogP contribution in [0.15, 0.2) is 90.0 Å².